The molecule has 2 rings (SSSR count). The molecule has 4 nitrogen and oxygen atoms in total. The van der Waals surface area contributed by atoms with Crippen LogP contribution < -0.4 is 10.1 Å². The van der Waals surface area contributed by atoms with Gasteiger partial charge in [-0.3, -0.25) is 4.79 Å². The van der Waals surface area contributed by atoms with Gasteiger partial charge in [0.05, 0.1) is 0 Å². The summed E-state index contributed by atoms with van der Waals surface area (Å²) in [5.74, 6) is 1.17. The minimum Gasteiger partial charge on any atom is -0.483 e. The van der Waals surface area contributed by atoms with Crippen LogP contribution in [0, 0.1) is 0 Å². The zero-order valence-corrected chi connectivity index (χ0v) is 14.5. The second-order valence-corrected chi connectivity index (χ2v) is 6.44. The number of carbonyl (C=O) groups excluding carboxylic acids is 1. The summed E-state index contributed by atoms with van der Waals surface area (Å²) in [6, 6.07) is 5.69. The van der Waals surface area contributed by atoms with Gasteiger partial charge >= 0.3 is 0 Å². The van der Waals surface area contributed by atoms with Crippen LogP contribution in [-0.4, -0.2) is 32.8 Å². The van der Waals surface area contributed by atoms with Crippen molar-refractivity contribution >= 4 is 17.5 Å². The van der Waals surface area contributed by atoms with E-state index < -0.39 is 0 Å². The van der Waals surface area contributed by atoms with Gasteiger partial charge in [0.25, 0.3) is 5.91 Å². The topological polar surface area (TPSA) is 47.6 Å². The molecule has 0 saturated heterocycles. The molecule has 1 amide bonds. The Morgan fingerprint density at radius 2 is 2.09 bits per heavy atom. The molecule has 1 aromatic carbocycles. The summed E-state index contributed by atoms with van der Waals surface area (Å²) in [6.45, 7) is 1.28. The second kappa shape index (κ2) is 9.78. The fourth-order valence-electron chi connectivity index (χ4n) is 3.02. The Labute approximate surface area is 143 Å². The maximum absolute atomic E-state index is 11.8. The number of nitrogens with one attached hydrogen (secondary N) is 1. The van der Waals surface area contributed by atoms with E-state index in [0.29, 0.717) is 19.1 Å². The van der Waals surface area contributed by atoms with Gasteiger partial charge in [0.15, 0.2) is 6.61 Å². The van der Waals surface area contributed by atoms with E-state index in [1.54, 1.807) is 7.11 Å². The molecule has 0 aliphatic heterocycles. The highest BCUT2D eigenvalue weighted by atomic mass is 35.5. The first-order valence-corrected chi connectivity index (χ1v) is 8.76. The van der Waals surface area contributed by atoms with Crippen molar-refractivity contribution in [1.29, 1.82) is 0 Å². The Morgan fingerprint density at radius 1 is 1.30 bits per heavy atom. The molecule has 128 valence electrons. The van der Waals surface area contributed by atoms with Crippen molar-refractivity contribution in [3.8, 4) is 5.75 Å². The van der Waals surface area contributed by atoms with Gasteiger partial charge in [-0.05, 0) is 48.9 Å². The molecule has 1 saturated carbocycles. The summed E-state index contributed by atoms with van der Waals surface area (Å²) in [6.07, 6.45) is 6.93. The zero-order chi connectivity index (χ0) is 16.5. The van der Waals surface area contributed by atoms with Gasteiger partial charge in [-0.1, -0.05) is 30.9 Å². The predicted molar refractivity (Wildman–Crippen MR) is 92.3 cm³/mol. The van der Waals surface area contributed by atoms with Crippen molar-refractivity contribution in [2.75, 3.05) is 26.9 Å². The standard InChI is InChI=1S/C18H26ClNO3/c1-22-11-5-10-20-18(21)13-23-17-9-8-15(19)12-16(17)14-6-3-2-4-7-14/h8-9,12,14H,2-7,10-11,13H2,1H3,(H,20,21). The van der Waals surface area contributed by atoms with Crippen LogP contribution in [0.2, 0.25) is 5.02 Å². The fraction of sp³-hybridized carbons (Fsp3) is 0.611. The third kappa shape index (κ3) is 6.04. The van der Waals surface area contributed by atoms with Gasteiger partial charge in [-0.25, -0.2) is 0 Å². The molecule has 0 aromatic heterocycles. The van der Waals surface area contributed by atoms with Gasteiger partial charge in [0.2, 0.25) is 0 Å². The Kier molecular flexibility index (Phi) is 7.69. The molecule has 5 heteroatoms. The minimum absolute atomic E-state index is 0.0360. The Balaban J connectivity index is 1.90. The minimum atomic E-state index is -0.106. The average Bonchev–Trinajstić information content (AvgIpc) is 2.58. The van der Waals surface area contributed by atoms with Crippen molar-refractivity contribution in [2.45, 2.75) is 44.4 Å². The Hall–Kier alpha value is -1.26. The van der Waals surface area contributed by atoms with Gasteiger partial charge in [-0.2, -0.15) is 0 Å². The molecule has 23 heavy (non-hydrogen) atoms. The molecule has 1 aliphatic carbocycles. The van der Waals surface area contributed by atoms with E-state index in [4.69, 9.17) is 21.1 Å². The summed E-state index contributed by atoms with van der Waals surface area (Å²) in [4.78, 5) is 11.8. The normalized spacial score (nSPS) is 15.4. The van der Waals surface area contributed by atoms with Crippen LogP contribution in [0.3, 0.4) is 0 Å². The lowest BCUT2D eigenvalue weighted by Gasteiger charge is -2.24. The van der Waals surface area contributed by atoms with Crippen LogP contribution in [0.1, 0.15) is 50.0 Å². The molecule has 0 radical (unpaired) electrons. The number of halogens is 1. The summed E-state index contributed by atoms with van der Waals surface area (Å²) >= 11 is 6.15. The van der Waals surface area contributed by atoms with Crippen LogP contribution in [0.15, 0.2) is 18.2 Å². The van der Waals surface area contributed by atoms with Crippen molar-refractivity contribution in [3.63, 3.8) is 0 Å². The molecular weight excluding hydrogens is 314 g/mol. The molecule has 0 atom stereocenters. The van der Waals surface area contributed by atoms with Crippen molar-refractivity contribution in [1.82, 2.24) is 5.32 Å². The molecule has 0 bridgehead atoms. The van der Waals surface area contributed by atoms with Crippen molar-refractivity contribution in [3.05, 3.63) is 28.8 Å². The highest BCUT2D eigenvalue weighted by molar-refractivity contribution is 6.30. The largest absolute Gasteiger partial charge is 0.483 e. The van der Waals surface area contributed by atoms with E-state index in [9.17, 15) is 4.79 Å². The van der Waals surface area contributed by atoms with Gasteiger partial charge in [0, 0.05) is 25.3 Å². The summed E-state index contributed by atoms with van der Waals surface area (Å²) in [5.41, 5.74) is 1.14. The summed E-state index contributed by atoms with van der Waals surface area (Å²) in [5, 5.41) is 3.55. The fourth-order valence-corrected chi connectivity index (χ4v) is 3.20. The van der Waals surface area contributed by atoms with Crippen LogP contribution in [0.25, 0.3) is 0 Å². The number of carbonyl (C=O) groups is 1. The van der Waals surface area contributed by atoms with Crippen LogP contribution in [-0.2, 0) is 9.53 Å². The highest BCUT2D eigenvalue weighted by Crippen LogP contribution is 2.38. The van der Waals surface area contributed by atoms with E-state index in [1.807, 2.05) is 18.2 Å². The van der Waals surface area contributed by atoms with Gasteiger partial charge < -0.3 is 14.8 Å². The first-order valence-electron chi connectivity index (χ1n) is 8.38. The lowest BCUT2D eigenvalue weighted by atomic mass is 9.84. The lowest BCUT2D eigenvalue weighted by molar-refractivity contribution is -0.123. The smallest absolute Gasteiger partial charge is 0.257 e. The van der Waals surface area contributed by atoms with Crippen molar-refractivity contribution < 1.29 is 14.3 Å². The molecule has 0 unspecified atom stereocenters. The SMILES string of the molecule is COCCCNC(=O)COc1ccc(Cl)cc1C1CCCCC1. The van der Waals surface area contributed by atoms with Crippen LogP contribution in [0.4, 0.5) is 0 Å². The summed E-state index contributed by atoms with van der Waals surface area (Å²) < 4.78 is 10.7. The molecule has 1 aromatic rings. The quantitative estimate of drug-likeness (QED) is 0.730. The average molecular weight is 340 g/mol. The van der Waals surface area contributed by atoms with Crippen molar-refractivity contribution in [2.24, 2.45) is 0 Å². The number of methoxy groups -OCH3 is 1. The maximum atomic E-state index is 11.8. The number of hydrogen-bond donors (Lipinski definition) is 1. The Morgan fingerprint density at radius 3 is 2.83 bits per heavy atom. The number of amides is 1. The maximum Gasteiger partial charge on any atom is 0.257 e. The number of hydrogen-bond acceptors (Lipinski definition) is 3. The first kappa shape index (κ1) is 18.1. The lowest BCUT2D eigenvalue weighted by Crippen LogP contribution is -2.30. The number of rotatable bonds is 8. The molecular formula is C18H26ClNO3. The monoisotopic (exact) mass is 339 g/mol. The molecule has 1 aliphatic rings. The number of benzene rings is 1. The predicted octanol–water partition coefficient (Wildman–Crippen LogP) is 3.92. The molecule has 0 heterocycles. The first-order chi connectivity index (χ1) is 11.2. The van der Waals surface area contributed by atoms with Crippen LogP contribution >= 0.6 is 11.6 Å². The highest BCUT2D eigenvalue weighted by Gasteiger charge is 2.20. The number of ether oxygens (including phenoxy) is 2. The van der Waals surface area contributed by atoms with E-state index in [-0.39, 0.29) is 12.5 Å². The van der Waals surface area contributed by atoms with Crippen LogP contribution in [0.5, 0.6) is 5.75 Å². The zero-order valence-electron chi connectivity index (χ0n) is 13.8. The third-order valence-corrected chi connectivity index (χ3v) is 4.46. The Bertz CT molecular complexity index is 501. The van der Waals surface area contributed by atoms with E-state index in [1.165, 1.54) is 32.1 Å². The van der Waals surface area contributed by atoms with E-state index >= 15 is 0 Å². The molecule has 1 fully saturated rings. The van der Waals surface area contributed by atoms with E-state index in [0.717, 1.165) is 22.8 Å². The van der Waals surface area contributed by atoms with Gasteiger partial charge in [-0.15, -0.1) is 0 Å². The summed E-state index contributed by atoms with van der Waals surface area (Å²) in [7, 11) is 1.65. The van der Waals surface area contributed by atoms with Gasteiger partial charge in [0.1, 0.15) is 5.75 Å². The molecule has 1 N–H and O–H groups in total. The third-order valence-electron chi connectivity index (χ3n) is 4.22. The second-order valence-electron chi connectivity index (χ2n) is 6.00. The van der Waals surface area contributed by atoms with E-state index in [2.05, 4.69) is 5.32 Å². The molecule has 0 spiro atoms.